The molecule has 0 atom stereocenters. The fraction of sp³-hybridized carbons (Fsp3) is 0.500. The largest absolute Gasteiger partial charge is 0.507 e. The molecule has 0 aliphatic heterocycles. The normalized spacial score (nSPS) is 12.9. The van der Waals surface area contributed by atoms with E-state index < -0.39 is 10.4 Å². The summed E-state index contributed by atoms with van der Waals surface area (Å²) in [6.45, 7) is 14.9. The quantitative estimate of drug-likeness (QED) is 0.621. The Kier molecular flexibility index (Phi) is 7.15. The van der Waals surface area contributed by atoms with E-state index in [2.05, 4.69) is 0 Å². The van der Waals surface area contributed by atoms with Crippen LogP contribution in [0.5, 0.6) is 11.5 Å². The SMILES string of the molecule is Cc1cc(COS(=O)(=O)OCc2cc(C)c(O)c(C(C)(C)C)c2)cc(C(C)(C)C)c1O. The molecule has 2 N–H and O–H groups in total. The highest BCUT2D eigenvalue weighted by molar-refractivity contribution is 7.81. The molecule has 0 heterocycles. The van der Waals surface area contributed by atoms with Gasteiger partial charge in [-0.25, -0.2) is 8.37 Å². The zero-order valence-electron chi connectivity index (χ0n) is 19.7. The second-order valence-corrected chi connectivity index (χ2v) is 11.3. The highest BCUT2D eigenvalue weighted by Gasteiger charge is 2.23. The second kappa shape index (κ2) is 8.81. The number of phenols is 2. The van der Waals surface area contributed by atoms with E-state index in [1.165, 1.54) is 0 Å². The van der Waals surface area contributed by atoms with E-state index in [9.17, 15) is 18.6 Å². The van der Waals surface area contributed by atoms with E-state index in [4.69, 9.17) is 8.37 Å². The molecule has 0 radical (unpaired) electrons. The summed E-state index contributed by atoms with van der Waals surface area (Å²) in [7, 11) is -4.25. The maximum atomic E-state index is 12.3. The predicted octanol–water partition coefficient (Wildman–Crippen LogP) is 5.29. The van der Waals surface area contributed by atoms with Crippen molar-refractivity contribution in [3.8, 4) is 11.5 Å². The first-order chi connectivity index (χ1) is 14.0. The van der Waals surface area contributed by atoms with Crippen LogP contribution in [0.1, 0.15) is 74.9 Å². The van der Waals surface area contributed by atoms with Crippen LogP contribution in [0, 0.1) is 13.8 Å². The van der Waals surface area contributed by atoms with Crippen LogP contribution < -0.4 is 0 Å². The summed E-state index contributed by atoms with van der Waals surface area (Å²) in [5, 5.41) is 20.6. The Morgan fingerprint density at radius 3 is 1.32 bits per heavy atom. The van der Waals surface area contributed by atoms with Gasteiger partial charge in [0.25, 0.3) is 0 Å². The third-order valence-electron chi connectivity index (χ3n) is 5.08. The molecule has 0 bridgehead atoms. The molecule has 0 saturated heterocycles. The van der Waals surface area contributed by atoms with Crippen molar-refractivity contribution in [1.82, 2.24) is 0 Å². The maximum absolute atomic E-state index is 12.3. The Labute approximate surface area is 186 Å². The Bertz CT molecular complexity index is 977. The molecule has 0 aliphatic rings. The molecule has 0 unspecified atom stereocenters. The van der Waals surface area contributed by atoms with Crippen LogP contribution in [-0.4, -0.2) is 18.6 Å². The molecule has 0 aromatic heterocycles. The van der Waals surface area contributed by atoms with Gasteiger partial charge in [-0.1, -0.05) is 53.7 Å². The van der Waals surface area contributed by atoms with Crippen LogP contribution in [-0.2, 0) is 42.8 Å². The van der Waals surface area contributed by atoms with Crippen LogP contribution in [0.15, 0.2) is 24.3 Å². The number of hydrogen-bond acceptors (Lipinski definition) is 6. The smallest absolute Gasteiger partial charge is 0.400 e. The molecule has 2 aromatic carbocycles. The predicted molar refractivity (Wildman–Crippen MR) is 122 cm³/mol. The fourth-order valence-corrected chi connectivity index (χ4v) is 3.96. The summed E-state index contributed by atoms with van der Waals surface area (Å²) < 4.78 is 34.7. The van der Waals surface area contributed by atoms with E-state index in [1.54, 1.807) is 38.1 Å². The zero-order valence-corrected chi connectivity index (χ0v) is 20.5. The lowest BCUT2D eigenvalue weighted by Gasteiger charge is -2.23. The summed E-state index contributed by atoms with van der Waals surface area (Å²) in [5.41, 5.74) is 3.39. The highest BCUT2D eigenvalue weighted by Crippen LogP contribution is 2.35. The van der Waals surface area contributed by atoms with Crippen LogP contribution in [0.4, 0.5) is 0 Å². The first-order valence-corrected chi connectivity index (χ1v) is 11.5. The van der Waals surface area contributed by atoms with Gasteiger partial charge in [-0.2, -0.15) is 8.42 Å². The minimum atomic E-state index is -4.25. The lowest BCUT2D eigenvalue weighted by atomic mass is 9.84. The summed E-state index contributed by atoms with van der Waals surface area (Å²) >= 11 is 0. The number of rotatable bonds is 6. The van der Waals surface area contributed by atoms with Crippen molar-refractivity contribution in [2.45, 2.75) is 79.4 Å². The highest BCUT2D eigenvalue weighted by atomic mass is 32.3. The lowest BCUT2D eigenvalue weighted by molar-refractivity contribution is 0.202. The number of aromatic hydroxyl groups is 2. The van der Waals surface area contributed by atoms with Gasteiger partial charge in [0.05, 0.1) is 13.2 Å². The number of hydrogen-bond donors (Lipinski definition) is 2. The molecule has 0 amide bonds. The molecule has 2 rings (SSSR count). The molecule has 0 saturated carbocycles. The molecule has 7 heteroatoms. The number of phenolic OH excluding ortho intramolecular Hbond substituents is 2. The van der Waals surface area contributed by atoms with Gasteiger partial charge in [0.15, 0.2) is 0 Å². The maximum Gasteiger partial charge on any atom is 0.400 e. The topological polar surface area (TPSA) is 93.1 Å². The minimum Gasteiger partial charge on any atom is -0.507 e. The van der Waals surface area contributed by atoms with Crippen LogP contribution >= 0.6 is 0 Å². The Morgan fingerprint density at radius 1 is 0.710 bits per heavy atom. The van der Waals surface area contributed by atoms with Crippen molar-refractivity contribution >= 4 is 10.4 Å². The van der Waals surface area contributed by atoms with Gasteiger partial charge in [0.2, 0.25) is 0 Å². The summed E-state index contributed by atoms with van der Waals surface area (Å²) in [5.74, 6) is 0.403. The van der Waals surface area contributed by atoms with Gasteiger partial charge in [-0.3, -0.25) is 0 Å². The fourth-order valence-electron chi connectivity index (χ4n) is 3.33. The van der Waals surface area contributed by atoms with Crippen molar-refractivity contribution in [2.24, 2.45) is 0 Å². The molecule has 0 fully saturated rings. The second-order valence-electron chi connectivity index (χ2n) is 10.1. The van der Waals surface area contributed by atoms with Crippen molar-refractivity contribution < 1.29 is 27.0 Å². The Hall–Kier alpha value is -2.09. The van der Waals surface area contributed by atoms with E-state index in [-0.39, 0.29) is 35.5 Å². The average Bonchev–Trinajstić information content (AvgIpc) is 2.61. The summed E-state index contributed by atoms with van der Waals surface area (Å²) in [4.78, 5) is 0. The van der Waals surface area contributed by atoms with Crippen molar-refractivity contribution in [3.63, 3.8) is 0 Å². The lowest BCUT2D eigenvalue weighted by Crippen LogP contribution is -2.15. The summed E-state index contributed by atoms with van der Waals surface area (Å²) in [6.07, 6.45) is 0. The first-order valence-electron chi connectivity index (χ1n) is 10.2. The molecule has 2 aromatic rings. The molecule has 0 aliphatic carbocycles. The number of benzene rings is 2. The average molecular weight is 451 g/mol. The standard InChI is InChI=1S/C24H34O6S/c1-15-9-17(11-19(21(15)25)23(3,4)5)13-29-31(27,28)30-14-18-10-16(2)22(26)20(12-18)24(6,7)8/h9-12,25-26H,13-14H2,1-8H3. The molecule has 172 valence electrons. The van der Waals surface area contributed by atoms with Gasteiger partial charge in [0, 0.05) is 0 Å². The van der Waals surface area contributed by atoms with Crippen molar-refractivity contribution in [3.05, 3.63) is 57.6 Å². The third-order valence-corrected chi connectivity index (χ3v) is 5.89. The first kappa shape index (κ1) is 25.2. The molecule has 0 spiro atoms. The van der Waals surface area contributed by atoms with E-state index in [0.717, 1.165) is 11.1 Å². The third kappa shape index (κ3) is 6.45. The van der Waals surface area contributed by atoms with E-state index in [1.807, 2.05) is 41.5 Å². The van der Waals surface area contributed by atoms with Crippen LogP contribution in [0.2, 0.25) is 0 Å². The van der Waals surface area contributed by atoms with Crippen LogP contribution in [0.3, 0.4) is 0 Å². The van der Waals surface area contributed by atoms with Gasteiger partial charge in [0.1, 0.15) is 11.5 Å². The zero-order chi connectivity index (χ0) is 23.8. The van der Waals surface area contributed by atoms with Gasteiger partial charge in [-0.15, -0.1) is 0 Å². The Morgan fingerprint density at radius 2 is 1.03 bits per heavy atom. The molecule has 6 nitrogen and oxygen atoms in total. The van der Waals surface area contributed by atoms with Crippen molar-refractivity contribution in [1.29, 1.82) is 0 Å². The van der Waals surface area contributed by atoms with Gasteiger partial charge in [-0.05, 0) is 70.2 Å². The minimum absolute atomic E-state index is 0.200. The number of aryl methyl sites for hydroxylation is 2. The van der Waals surface area contributed by atoms with E-state index in [0.29, 0.717) is 22.3 Å². The van der Waals surface area contributed by atoms with Crippen molar-refractivity contribution in [2.75, 3.05) is 0 Å². The molecular weight excluding hydrogens is 416 g/mol. The molecule has 31 heavy (non-hydrogen) atoms. The van der Waals surface area contributed by atoms with Gasteiger partial charge < -0.3 is 10.2 Å². The molecular formula is C24H34O6S. The Balaban J connectivity index is 2.14. The summed E-state index contributed by atoms with van der Waals surface area (Å²) in [6, 6.07) is 6.88. The van der Waals surface area contributed by atoms with Gasteiger partial charge >= 0.3 is 10.4 Å². The van der Waals surface area contributed by atoms with E-state index >= 15 is 0 Å². The monoisotopic (exact) mass is 450 g/mol. The van der Waals surface area contributed by atoms with Crippen LogP contribution in [0.25, 0.3) is 0 Å².